The van der Waals surface area contributed by atoms with Crippen LogP contribution in [0.3, 0.4) is 0 Å². The molecule has 162 valence electrons. The van der Waals surface area contributed by atoms with Crippen molar-refractivity contribution in [1.82, 2.24) is 5.32 Å². The molecule has 0 aliphatic heterocycles. The minimum Gasteiger partial charge on any atom is -0.507 e. The van der Waals surface area contributed by atoms with Crippen LogP contribution in [0.15, 0.2) is 48.5 Å². The lowest BCUT2D eigenvalue weighted by molar-refractivity contribution is -0.126. The van der Waals surface area contributed by atoms with Crippen molar-refractivity contribution in [2.75, 3.05) is 7.05 Å². The van der Waals surface area contributed by atoms with Gasteiger partial charge in [0.1, 0.15) is 23.1 Å². The molecule has 8 heteroatoms. The Bertz CT molecular complexity index is 1110. The molecule has 3 rings (SSSR count). The van der Waals surface area contributed by atoms with Crippen molar-refractivity contribution in [2.45, 2.75) is 19.4 Å². The number of nitrogens with one attached hydrogen (secondary N) is 1. The monoisotopic (exact) mass is 465 g/mol. The van der Waals surface area contributed by atoms with Gasteiger partial charge in [0.05, 0.1) is 0 Å². The van der Waals surface area contributed by atoms with E-state index in [1.165, 1.54) is 19.2 Å². The van der Waals surface area contributed by atoms with Crippen LogP contribution >= 0.6 is 23.2 Å². The molecular weight excluding hydrogens is 447 g/mol. The fraction of sp³-hybridized carbons (Fsp3) is 0.174. The van der Waals surface area contributed by atoms with E-state index in [-0.39, 0.29) is 22.8 Å². The Morgan fingerprint density at radius 2 is 1.74 bits per heavy atom. The second-order valence-corrected chi connectivity index (χ2v) is 7.71. The lowest BCUT2D eigenvalue weighted by Gasteiger charge is -2.16. The summed E-state index contributed by atoms with van der Waals surface area (Å²) < 4.78 is 33.0. The van der Waals surface area contributed by atoms with E-state index < -0.39 is 17.7 Å². The van der Waals surface area contributed by atoms with E-state index in [9.17, 15) is 18.7 Å². The molecule has 0 fully saturated rings. The van der Waals surface area contributed by atoms with Crippen LogP contribution < -0.4 is 10.1 Å². The molecule has 3 aromatic carbocycles. The summed E-state index contributed by atoms with van der Waals surface area (Å²) in [4.78, 5) is 11.6. The second-order valence-electron chi connectivity index (χ2n) is 6.89. The minimum atomic E-state index is -0.782. The summed E-state index contributed by atoms with van der Waals surface area (Å²) in [6.07, 6.45) is -0.438. The van der Waals surface area contributed by atoms with E-state index in [4.69, 9.17) is 27.9 Å². The summed E-state index contributed by atoms with van der Waals surface area (Å²) in [5, 5.41) is 13.3. The molecule has 3 aromatic rings. The predicted molar refractivity (Wildman–Crippen MR) is 117 cm³/mol. The maximum absolute atomic E-state index is 14.2. The predicted octanol–water partition coefficient (Wildman–Crippen LogP) is 5.75. The van der Waals surface area contributed by atoms with Gasteiger partial charge in [0.25, 0.3) is 5.91 Å². The van der Waals surface area contributed by atoms with E-state index in [1.54, 1.807) is 31.2 Å². The molecular formula is C23H19Cl2F2NO3. The first kappa shape index (κ1) is 22.8. The molecule has 4 nitrogen and oxygen atoms in total. The van der Waals surface area contributed by atoms with E-state index in [1.807, 2.05) is 0 Å². The topological polar surface area (TPSA) is 58.6 Å². The molecule has 0 saturated heterocycles. The Labute approximate surface area is 188 Å². The smallest absolute Gasteiger partial charge is 0.260 e. The van der Waals surface area contributed by atoms with E-state index in [0.717, 1.165) is 12.1 Å². The van der Waals surface area contributed by atoms with Gasteiger partial charge in [-0.15, -0.1) is 0 Å². The molecule has 0 saturated carbocycles. The number of carbonyl (C=O) groups excluding carboxylic acids is 1. The van der Waals surface area contributed by atoms with Crippen LogP contribution in [0.25, 0.3) is 11.1 Å². The Morgan fingerprint density at radius 1 is 1.06 bits per heavy atom. The highest BCUT2D eigenvalue weighted by atomic mass is 35.5. The highest BCUT2D eigenvalue weighted by molar-refractivity contribution is 6.36. The van der Waals surface area contributed by atoms with Crippen LogP contribution in [0.4, 0.5) is 8.78 Å². The molecule has 1 unspecified atom stereocenters. The first-order valence-corrected chi connectivity index (χ1v) is 10.1. The first-order valence-electron chi connectivity index (χ1n) is 9.33. The summed E-state index contributed by atoms with van der Waals surface area (Å²) in [5.41, 5.74) is 1.60. The van der Waals surface area contributed by atoms with Gasteiger partial charge < -0.3 is 15.2 Å². The van der Waals surface area contributed by atoms with Gasteiger partial charge in [-0.3, -0.25) is 4.79 Å². The molecule has 0 aliphatic carbocycles. The number of rotatable bonds is 6. The third kappa shape index (κ3) is 5.27. The van der Waals surface area contributed by atoms with E-state index in [2.05, 4.69) is 5.32 Å². The number of benzene rings is 3. The van der Waals surface area contributed by atoms with Crippen molar-refractivity contribution in [2.24, 2.45) is 0 Å². The van der Waals surface area contributed by atoms with Crippen LogP contribution in [0.5, 0.6) is 11.5 Å². The quantitative estimate of drug-likeness (QED) is 0.487. The van der Waals surface area contributed by atoms with Crippen LogP contribution in [0.1, 0.15) is 18.1 Å². The van der Waals surface area contributed by atoms with Crippen molar-refractivity contribution in [3.05, 3.63) is 81.3 Å². The van der Waals surface area contributed by atoms with Crippen molar-refractivity contribution < 1.29 is 23.4 Å². The number of phenols is 1. The largest absolute Gasteiger partial charge is 0.507 e. The van der Waals surface area contributed by atoms with E-state index in [0.29, 0.717) is 33.3 Å². The molecule has 1 atom stereocenters. The van der Waals surface area contributed by atoms with Crippen LogP contribution in [0, 0.1) is 11.6 Å². The average molecular weight is 466 g/mol. The Morgan fingerprint density at radius 3 is 2.35 bits per heavy atom. The fourth-order valence-electron chi connectivity index (χ4n) is 3.10. The highest BCUT2D eigenvalue weighted by Gasteiger charge is 2.17. The molecule has 0 aliphatic rings. The lowest BCUT2D eigenvalue weighted by Crippen LogP contribution is -2.33. The first-order chi connectivity index (χ1) is 14.7. The Hall–Kier alpha value is -2.83. The fourth-order valence-corrected chi connectivity index (χ4v) is 3.70. The maximum Gasteiger partial charge on any atom is 0.260 e. The lowest BCUT2D eigenvalue weighted by atomic mass is 9.97. The Kier molecular flexibility index (Phi) is 7.03. The van der Waals surface area contributed by atoms with Crippen molar-refractivity contribution >= 4 is 29.1 Å². The van der Waals surface area contributed by atoms with Gasteiger partial charge in [-0.25, -0.2) is 8.78 Å². The van der Waals surface area contributed by atoms with Gasteiger partial charge in [0.2, 0.25) is 0 Å². The number of likely N-dealkylation sites (N-methyl/N-ethyl adjacent to an activating group) is 1. The number of hydrogen-bond donors (Lipinski definition) is 2. The minimum absolute atomic E-state index is 0.0740. The van der Waals surface area contributed by atoms with Crippen LogP contribution in [-0.4, -0.2) is 24.2 Å². The molecule has 0 heterocycles. The molecule has 0 radical (unpaired) electrons. The van der Waals surface area contributed by atoms with Crippen LogP contribution in [-0.2, 0) is 11.2 Å². The summed E-state index contributed by atoms with van der Waals surface area (Å²) in [7, 11) is 1.51. The maximum atomic E-state index is 14.2. The SMILES string of the molecule is CNC(=O)C(C)Oc1cc(Cl)c(Cc2ccc(O)c(-c3ccc(F)cc3F)c2)c(Cl)c1. The number of phenolic OH excluding ortho intramolecular Hbond substituents is 1. The zero-order valence-corrected chi connectivity index (χ0v) is 18.2. The number of ether oxygens (including phenoxy) is 1. The number of carbonyl (C=O) groups is 1. The number of hydrogen-bond acceptors (Lipinski definition) is 3. The molecule has 2 N–H and O–H groups in total. The third-order valence-electron chi connectivity index (χ3n) is 4.71. The van der Waals surface area contributed by atoms with Gasteiger partial charge >= 0.3 is 0 Å². The summed E-state index contributed by atoms with van der Waals surface area (Å²) >= 11 is 12.8. The standard InChI is InChI=1S/C23H19Cl2F2NO3/c1-12(23(30)28-2)31-15-10-19(24)18(20(25)11-15)8-13-3-6-22(29)17(7-13)16-5-4-14(26)9-21(16)27/h3-7,9-12,29H,8H2,1-2H3,(H,28,30). The van der Waals surface area contributed by atoms with Gasteiger partial charge in [-0.05, 0) is 54.4 Å². The van der Waals surface area contributed by atoms with Gasteiger partial charge in [0, 0.05) is 40.7 Å². The van der Waals surface area contributed by atoms with Crippen molar-refractivity contribution in [1.29, 1.82) is 0 Å². The second kappa shape index (κ2) is 9.54. The molecule has 0 spiro atoms. The number of amides is 1. The highest BCUT2D eigenvalue weighted by Crippen LogP contribution is 2.36. The van der Waals surface area contributed by atoms with Crippen molar-refractivity contribution in [3.8, 4) is 22.6 Å². The zero-order chi connectivity index (χ0) is 22.7. The number of aromatic hydroxyl groups is 1. The molecule has 31 heavy (non-hydrogen) atoms. The van der Waals surface area contributed by atoms with Gasteiger partial charge in [-0.2, -0.15) is 0 Å². The summed E-state index contributed by atoms with van der Waals surface area (Å²) in [6, 6.07) is 10.9. The average Bonchev–Trinajstić information content (AvgIpc) is 2.71. The summed E-state index contributed by atoms with van der Waals surface area (Å²) in [5.74, 6) is -1.58. The van der Waals surface area contributed by atoms with Gasteiger partial charge in [-0.1, -0.05) is 29.3 Å². The molecule has 1 amide bonds. The molecule has 0 aromatic heterocycles. The van der Waals surface area contributed by atoms with E-state index >= 15 is 0 Å². The Balaban J connectivity index is 1.90. The van der Waals surface area contributed by atoms with Crippen molar-refractivity contribution in [3.63, 3.8) is 0 Å². The molecule has 0 bridgehead atoms. The normalized spacial score (nSPS) is 11.8. The summed E-state index contributed by atoms with van der Waals surface area (Å²) in [6.45, 7) is 1.60. The number of halogens is 4. The zero-order valence-electron chi connectivity index (χ0n) is 16.7. The third-order valence-corrected chi connectivity index (χ3v) is 5.38. The van der Waals surface area contributed by atoms with Gasteiger partial charge in [0.15, 0.2) is 6.10 Å². The van der Waals surface area contributed by atoms with Crippen LogP contribution in [0.2, 0.25) is 10.0 Å².